The normalized spacial score (nSPS) is 19.1. The zero-order valence-corrected chi connectivity index (χ0v) is 47.0. The van der Waals surface area contributed by atoms with Crippen molar-refractivity contribution in [2.45, 2.75) is 181 Å². The third kappa shape index (κ3) is 23.3. The van der Waals surface area contributed by atoms with Gasteiger partial charge >= 0.3 is 5.97 Å². The van der Waals surface area contributed by atoms with Crippen LogP contribution in [0.2, 0.25) is 0 Å². The van der Waals surface area contributed by atoms with E-state index >= 15 is 0 Å². The van der Waals surface area contributed by atoms with Gasteiger partial charge in [0.2, 0.25) is 47.3 Å². The topological polar surface area (TPSA) is 351 Å². The lowest BCUT2D eigenvalue weighted by atomic mass is 9.99. The number of hydrogen-bond donors (Lipinski definition) is 12. The van der Waals surface area contributed by atoms with Crippen LogP contribution in [0.15, 0.2) is 48.6 Å². The largest absolute Gasteiger partial charge is 0.508 e. The minimum atomic E-state index is -1.73. The summed E-state index contributed by atoms with van der Waals surface area (Å²) in [6.07, 6.45) is 6.45. The van der Waals surface area contributed by atoms with E-state index < -0.39 is 164 Å². The van der Waals surface area contributed by atoms with Crippen LogP contribution in [-0.4, -0.2) is 171 Å². The Morgan fingerprint density at radius 3 is 1.68 bits per heavy atom. The molecular weight excluding hydrogens is 1010 g/mol. The number of allylic oxidation sites excluding steroid dienone is 1. The molecule has 1 aliphatic rings. The van der Waals surface area contributed by atoms with Crippen LogP contribution >= 0.6 is 0 Å². The number of amides is 8. The molecule has 438 valence electrons. The van der Waals surface area contributed by atoms with Crippen molar-refractivity contribution in [1.82, 2.24) is 42.1 Å². The van der Waals surface area contributed by atoms with Crippen LogP contribution in [0.25, 0.3) is 0 Å². The van der Waals surface area contributed by atoms with Gasteiger partial charge in [-0.25, -0.2) is 4.79 Å². The molecule has 0 radical (unpaired) electrons. The number of cyclic esters (lactones) is 1. The molecule has 0 saturated carbocycles. The molecule has 1 aromatic carbocycles. The summed E-state index contributed by atoms with van der Waals surface area (Å²) in [5, 5.41) is 70.2. The standard InChI is InChI=1S/C55H88N8O15/c1-11-12-13-14-15-16-17-18-43(69)59-48(32(4)5)52(74)57-38(28-64)42(68)27-46(72)62-49(33(6)7)53(75)58-39(29-65)41(67)26-45(71)61-47(31(2)3)51(73)56-36-21-24-44(70)60-50(34(8)9)54(76)63(10)40(55(77)78-30-36)25-35-19-22-37(66)23-20-35/h16-17,19-24,31-34,36,38-42,47-50,64-68H,11-15,18,25-30H2,1-10H3,(H,56,73)(H,57,74)(H,58,75)(H,59,69)(H,60,70)(H,61,71)(H,62,72). The molecule has 1 aliphatic heterocycles. The molecule has 12 N–H and O–H groups in total. The minimum Gasteiger partial charge on any atom is -0.508 e. The van der Waals surface area contributed by atoms with Crippen molar-refractivity contribution in [2.24, 2.45) is 23.7 Å². The van der Waals surface area contributed by atoms with Crippen LogP contribution in [0.4, 0.5) is 0 Å². The molecule has 0 aliphatic carbocycles. The number of aliphatic hydroxyl groups excluding tert-OH is 4. The van der Waals surface area contributed by atoms with E-state index in [1.54, 1.807) is 73.6 Å². The molecule has 1 aromatic rings. The smallest absolute Gasteiger partial charge is 0.329 e. The van der Waals surface area contributed by atoms with Crippen molar-refractivity contribution in [3.05, 3.63) is 54.1 Å². The molecule has 0 bridgehead atoms. The predicted molar refractivity (Wildman–Crippen MR) is 289 cm³/mol. The Kier molecular flexibility index (Phi) is 29.9. The second-order valence-corrected chi connectivity index (χ2v) is 21.2. The highest BCUT2D eigenvalue weighted by Crippen LogP contribution is 2.18. The third-order valence-electron chi connectivity index (χ3n) is 13.2. The summed E-state index contributed by atoms with van der Waals surface area (Å²) < 4.78 is 5.64. The lowest BCUT2D eigenvalue weighted by Gasteiger charge is -2.32. The first kappa shape index (κ1) is 67.7. The Morgan fingerprint density at radius 2 is 1.21 bits per heavy atom. The minimum absolute atomic E-state index is 0.00733. The summed E-state index contributed by atoms with van der Waals surface area (Å²) in [5.74, 6) is -8.46. The van der Waals surface area contributed by atoms with Crippen LogP contribution in [0.1, 0.15) is 119 Å². The van der Waals surface area contributed by atoms with E-state index in [0.29, 0.717) is 5.56 Å². The van der Waals surface area contributed by atoms with Crippen molar-refractivity contribution in [3.8, 4) is 5.75 Å². The monoisotopic (exact) mass is 1100 g/mol. The number of phenolic OH excluding ortho intramolecular Hbond substituents is 1. The first-order valence-electron chi connectivity index (χ1n) is 27.0. The van der Waals surface area contributed by atoms with Gasteiger partial charge in [-0.2, -0.15) is 0 Å². The summed E-state index contributed by atoms with van der Waals surface area (Å²) in [6, 6.07) is -3.73. The SMILES string of the molecule is CCCCCCC=CCC(=O)NC(C(=O)NC(CO)C(O)CC(=O)NC(C(=O)NC(CO)C(O)CC(=O)NC(C(=O)NC1C=CC(=O)NC(C(C)C)C(=O)N(C)C(Cc2ccc(O)cc2)C(=O)OC1)C(C)C)C(C)C)C(C)C. The van der Waals surface area contributed by atoms with Gasteiger partial charge in [0, 0.05) is 26.0 Å². The summed E-state index contributed by atoms with van der Waals surface area (Å²) in [5.41, 5.74) is 0.591. The van der Waals surface area contributed by atoms with Crippen molar-refractivity contribution in [3.63, 3.8) is 0 Å². The zero-order chi connectivity index (χ0) is 58.8. The molecule has 10 atom stereocenters. The first-order valence-corrected chi connectivity index (χ1v) is 27.0. The van der Waals surface area contributed by atoms with Crippen LogP contribution < -0.4 is 37.2 Å². The predicted octanol–water partition coefficient (Wildman–Crippen LogP) is 0.296. The highest BCUT2D eigenvalue weighted by atomic mass is 16.5. The molecule has 1 heterocycles. The van der Waals surface area contributed by atoms with E-state index in [2.05, 4.69) is 44.1 Å². The van der Waals surface area contributed by atoms with Gasteiger partial charge in [0.1, 0.15) is 42.6 Å². The Bertz CT molecular complexity index is 2190. The molecule has 8 amide bonds. The fourth-order valence-electron chi connectivity index (χ4n) is 8.25. The summed E-state index contributed by atoms with van der Waals surface area (Å²) in [4.78, 5) is 122. The second-order valence-electron chi connectivity index (χ2n) is 21.2. The Morgan fingerprint density at radius 1 is 0.705 bits per heavy atom. The van der Waals surface area contributed by atoms with Gasteiger partial charge in [0.15, 0.2) is 0 Å². The van der Waals surface area contributed by atoms with Gasteiger partial charge in [0.05, 0.1) is 56.4 Å². The van der Waals surface area contributed by atoms with E-state index in [-0.39, 0.29) is 24.5 Å². The molecular formula is C55H88N8O15. The maximum atomic E-state index is 13.8. The number of esters is 1. The average Bonchev–Trinajstić information content (AvgIpc) is 3.38. The van der Waals surface area contributed by atoms with Crippen LogP contribution in [0.5, 0.6) is 5.75 Å². The first-order chi connectivity index (χ1) is 36.7. The molecule has 0 fully saturated rings. The lowest BCUT2D eigenvalue weighted by molar-refractivity contribution is -0.156. The lowest BCUT2D eigenvalue weighted by Crippen LogP contribution is -2.58. The van der Waals surface area contributed by atoms with Gasteiger partial charge in [0.25, 0.3) is 0 Å². The van der Waals surface area contributed by atoms with E-state index in [1.165, 1.54) is 30.2 Å². The van der Waals surface area contributed by atoms with Crippen molar-refractivity contribution in [1.29, 1.82) is 0 Å². The van der Waals surface area contributed by atoms with E-state index in [1.807, 2.05) is 6.08 Å². The second kappa shape index (κ2) is 34.5. The highest BCUT2D eigenvalue weighted by Gasteiger charge is 2.37. The number of aromatic hydroxyl groups is 1. The fraction of sp³-hybridized carbons (Fsp3) is 0.655. The fourth-order valence-corrected chi connectivity index (χ4v) is 8.25. The average molecular weight is 1100 g/mol. The van der Waals surface area contributed by atoms with Crippen molar-refractivity contribution >= 4 is 53.2 Å². The van der Waals surface area contributed by atoms with Gasteiger partial charge in [-0.15, -0.1) is 0 Å². The Labute approximate surface area is 458 Å². The van der Waals surface area contributed by atoms with Crippen molar-refractivity contribution < 1.29 is 73.4 Å². The third-order valence-corrected chi connectivity index (χ3v) is 13.2. The molecule has 0 aromatic heterocycles. The molecule has 23 nitrogen and oxygen atoms in total. The number of likely N-dealkylation sites (N-methyl/N-ethyl adjacent to an activating group) is 1. The quantitative estimate of drug-likeness (QED) is 0.0280. The van der Waals surface area contributed by atoms with Gasteiger partial charge in [-0.3, -0.25) is 38.4 Å². The van der Waals surface area contributed by atoms with Gasteiger partial charge in [-0.05, 0) is 54.2 Å². The van der Waals surface area contributed by atoms with E-state index in [4.69, 9.17) is 4.74 Å². The van der Waals surface area contributed by atoms with E-state index in [0.717, 1.165) is 38.2 Å². The number of benzene rings is 1. The molecule has 78 heavy (non-hydrogen) atoms. The summed E-state index contributed by atoms with van der Waals surface area (Å²) in [6.45, 7) is 13.3. The number of rotatable bonds is 30. The van der Waals surface area contributed by atoms with Crippen molar-refractivity contribution in [2.75, 3.05) is 26.9 Å². The Hall–Kier alpha value is -6.43. The van der Waals surface area contributed by atoms with E-state index in [9.17, 15) is 68.7 Å². The van der Waals surface area contributed by atoms with Crippen LogP contribution in [0.3, 0.4) is 0 Å². The highest BCUT2D eigenvalue weighted by molar-refractivity contribution is 5.95. The molecule has 23 heteroatoms. The zero-order valence-electron chi connectivity index (χ0n) is 47.0. The summed E-state index contributed by atoms with van der Waals surface area (Å²) in [7, 11) is 1.41. The Balaban J connectivity index is 2.11. The number of nitrogens with zero attached hydrogens (tertiary/aromatic N) is 1. The number of ether oxygens (including phenoxy) is 1. The molecule has 10 unspecified atom stereocenters. The number of carbonyl (C=O) groups is 9. The number of hydrogen-bond acceptors (Lipinski definition) is 15. The number of nitrogens with one attached hydrogen (secondary N) is 7. The van der Waals surface area contributed by atoms with Gasteiger partial charge in [-0.1, -0.05) is 112 Å². The maximum absolute atomic E-state index is 13.8. The molecule has 2 rings (SSSR count). The van der Waals surface area contributed by atoms with Crippen LogP contribution in [0, 0.1) is 23.7 Å². The number of aliphatic hydroxyl groups is 4. The number of phenols is 1. The van der Waals surface area contributed by atoms with Gasteiger partial charge < -0.3 is 72.4 Å². The number of unbranched alkanes of at least 4 members (excludes halogenated alkanes) is 4. The number of carbonyl (C=O) groups excluding carboxylic acids is 9. The van der Waals surface area contributed by atoms with Crippen LogP contribution in [-0.2, 0) is 54.3 Å². The molecule has 0 spiro atoms. The molecule has 0 saturated heterocycles. The summed E-state index contributed by atoms with van der Waals surface area (Å²) >= 11 is 0. The maximum Gasteiger partial charge on any atom is 0.329 e.